The summed E-state index contributed by atoms with van der Waals surface area (Å²) in [6, 6.07) is 7.88. The number of ether oxygens (including phenoxy) is 2. The number of aromatic nitrogens is 2. The maximum atomic E-state index is 14.0. The van der Waals surface area contributed by atoms with Crippen LogP contribution in [0.3, 0.4) is 0 Å². The number of benzene rings is 3. The van der Waals surface area contributed by atoms with E-state index >= 15 is 0 Å². The molecule has 0 unspecified atom stereocenters. The minimum Gasteiger partial charge on any atom is -0.550 e. The standard InChI is InChI=1S/C34H29F9N4O5.Na/c1-19(48)46-25-6-8-29(51-2)28(14-25)27-7-5-22(32(35,36)37)12-21(27)18-47(31-44-15-26(16-45-31)52-9-3-4-30(49)50)17-20-10-23(33(38,39)40)13-24(11-20)34(41,42)43;/h5-8,10-16H,3-4,9,17-18H2,1-2H3,(H,46,48)(H,49,50);/q;+1/p-1. The average molecular weight is 767 g/mol. The largest absolute Gasteiger partial charge is 1.00 e. The second kappa shape index (κ2) is 17.5. The van der Waals surface area contributed by atoms with Crippen molar-refractivity contribution >= 4 is 23.5 Å². The Bertz CT molecular complexity index is 1870. The Hall–Kier alpha value is -4.55. The number of methoxy groups -OCH3 is 1. The van der Waals surface area contributed by atoms with Gasteiger partial charge in [0.25, 0.3) is 0 Å². The Labute approximate surface area is 318 Å². The van der Waals surface area contributed by atoms with E-state index in [1.54, 1.807) is 0 Å². The van der Waals surface area contributed by atoms with Gasteiger partial charge in [-0.15, -0.1) is 0 Å². The maximum absolute atomic E-state index is 14.0. The zero-order valence-corrected chi connectivity index (χ0v) is 30.2. The smallest absolute Gasteiger partial charge is 0.550 e. The minimum absolute atomic E-state index is 0. The van der Waals surface area contributed by atoms with Crippen LogP contribution >= 0.6 is 0 Å². The first-order valence-corrected chi connectivity index (χ1v) is 15.1. The molecule has 0 radical (unpaired) electrons. The number of aliphatic carboxylic acids is 1. The predicted molar refractivity (Wildman–Crippen MR) is 166 cm³/mol. The summed E-state index contributed by atoms with van der Waals surface area (Å²) >= 11 is 0. The second-order valence-electron chi connectivity index (χ2n) is 11.3. The Morgan fingerprint density at radius 3 is 1.92 bits per heavy atom. The van der Waals surface area contributed by atoms with Gasteiger partial charge in [0, 0.05) is 37.2 Å². The summed E-state index contributed by atoms with van der Waals surface area (Å²) in [6.45, 7) is -0.223. The van der Waals surface area contributed by atoms with Gasteiger partial charge in [-0.2, -0.15) is 39.5 Å². The molecule has 278 valence electrons. The summed E-state index contributed by atoms with van der Waals surface area (Å²) in [6.07, 6.45) is -13.3. The van der Waals surface area contributed by atoms with E-state index in [0.29, 0.717) is 12.1 Å². The van der Waals surface area contributed by atoms with E-state index in [0.717, 1.165) is 35.5 Å². The summed E-state index contributed by atoms with van der Waals surface area (Å²) in [7, 11) is 1.29. The van der Waals surface area contributed by atoms with Gasteiger partial charge in [-0.1, -0.05) is 6.07 Å². The molecule has 0 aliphatic rings. The van der Waals surface area contributed by atoms with Crippen LogP contribution in [0, 0.1) is 0 Å². The number of hydrogen-bond donors (Lipinski definition) is 1. The molecule has 0 atom stereocenters. The number of rotatable bonds is 13. The van der Waals surface area contributed by atoms with E-state index in [-0.39, 0.29) is 94.9 Å². The molecule has 3 aromatic carbocycles. The number of carbonyl (C=O) groups excluding carboxylic acids is 2. The monoisotopic (exact) mass is 766 g/mol. The number of carboxylic acid groups (broad SMARTS) is 1. The van der Waals surface area contributed by atoms with Gasteiger partial charge >= 0.3 is 48.1 Å². The summed E-state index contributed by atoms with van der Waals surface area (Å²) in [5.74, 6) is -1.93. The molecule has 1 N–H and O–H groups in total. The van der Waals surface area contributed by atoms with Crippen LogP contribution in [0.5, 0.6) is 11.5 Å². The quantitative estimate of drug-likeness (QED) is 0.122. The number of anilines is 2. The van der Waals surface area contributed by atoms with Crippen LogP contribution in [0.4, 0.5) is 51.1 Å². The fourth-order valence-electron chi connectivity index (χ4n) is 5.05. The van der Waals surface area contributed by atoms with Crippen LogP contribution in [0.15, 0.2) is 67.0 Å². The van der Waals surface area contributed by atoms with Gasteiger partial charge in [-0.05, 0) is 78.1 Å². The van der Waals surface area contributed by atoms with Crippen molar-refractivity contribution in [2.24, 2.45) is 0 Å². The van der Waals surface area contributed by atoms with E-state index in [1.807, 2.05) is 0 Å². The molecule has 0 aliphatic heterocycles. The minimum atomic E-state index is -5.18. The summed E-state index contributed by atoms with van der Waals surface area (Å²) in [4.78, 5) is 31.7. The maximum Gasteiger partial charge on any atom is 1.00 e. The van der Waals surface area contributed by atoms with Crippen LogP contribution in [0.2, 0.25) is 0 Å². The van der Waals surface area contributed by atoms with Gasteiger partial charge in [0.2, 0.25) is 11.9 Å². The zero-order valence-electron chi connectivity index (χ0n) is 28.2. The predicted octanol–water partition coefficient (Wildman–Crippen LogP) is 4.29. The van der Waals surface area contributed by atoms with Crippen molar-refractivity contribution in [3.8, 4) is 22.6 Å². The van der Waals surface area contributed by atoms with Gasteiger partial charge in [-0.3, -0.25) is 4.79 Å². The van der Waals surface area contributed by atoms with Crippen molar-refractivity contribution < 1.29 is 93.2 Å². The van der Waals surface area contributed by atoms with Gasteiger partial charge < -0.3 is 29.6 Å². The summed E-state index contributed by atoms with van der Waals surface area (Å²) in [5.41, 5.74) is -4.45. The number of hydrogen-bond acceptors (Lipinski definition) is 8. The zero-order chi connectivity index (χ0) is 38.4. The van der Waals surface area contributed by atoms with Crippen LogP contribution < -0.4 is 54.4 Å². The third kappa shape index (κ3) is 12.0. The number of nitrogens with zero attached hydrogens (tertiary/aromatic N) is 3. The number of amides is 1. The topological polar surface area (TPSA) is 117 Å². The molecule has 0 saturated heterocycles. The molecule has 0 spiro atoms. The molecule has 53 heavy (non-hydrogen) atoms. The first-order valence-electron chi connectivity index (χ1n) is 15.1. The van der Waals surface area contributed by atoms with Crippen molar-refractivity contribution in [2.45, 2.75) is 51.4 Å². The molecule has 1 aromatic heterocycles. The van der Waals surface area contributed by atoms with Crippen molar-refractivity contribution in [1.29, 1.82) is 0 Å². The molecule has 0 saturated carbocycles. The van der Waals surface area contributed by atoms with Gasteiger partial charge in [0.05, 0.1) is 42.8 Å². The molecule has 0 fully saturated rings. The molecular formula is C34H28F9N4NaO5. The molecule has 1 amide bonds. The summed E-state index contributed by atoms with van der Waals surface area (Å²) < 4.78 is 135. The average Bonchev–Trinajstić information content (AvgIpc) is 3.05. The molecule has 19 heteroatoms. The van der Waals surface area contributed by atoms with Gasteiger partial charge in [0.15, 0.2) is 5.75 Å². The van der Waals surface area contributed by atoms with Crippen molar-refractivity contribution in [2.75, 3.05) is 23.9 Å². The molecule has 4 rings (SSSR count). The number of nitrogens with one attached hydrogen (secondary N) is 1. The number of carbonyl (C=O) groups is 2. The molecule has 0 bridgehead atoms. The Balaban J connectivity index is 0.00000756. The fraction of sp³-hybridized carbons (Fsp3) is 0.294. The van der Waals surface area contributed by atoms with Crippen molar-refractivity contribution in [3.05, 3.63) is 94.8 Å². The number of halogens is 9. The van der Waals surface area contributed by atoms with Crippen LogP contribution in [0.25, 0.3) is 11.1 Å². The number of alkyl halides is 9. The first kappa shape index (κ1) is 42.9. The fourth-order valence-corrected chi connectivity index (χ4v) is 5.05. The second-order valence-corrected chi connectivity index (χ2v) is 11.3. The Morgan fingerprint density at radius 1 is 0.792 bits per heavy atom. The molecule has 0 aliphatic carbocycles. The molecule has 4 aromatic rings. The molecule has 9 nitrogen and oxygen atoms in total. The third-order valence-electron chi connectivity index (χ3n) is 7.32. The first-order chi connectivity index (χ1) is 24.2. The Kier molecular flexibility index (Phi) is 14.2. The summed E-state index contributed by atoms with van der Waals surface area (Å²) in [5, 5.41) is 13.2. The number of carboxylic acids is 1. The van der Waals surface area contributed by atoms with Crippen molar-refractivity contribution in [3.63, 3.8) is 0 Å². The van der Waals surface area contributed by atoms with Crippen LogP contribution in [-0.2, 0) is 41.2 Å². The SMILES string of the molecule is COc1ccc(NC(C)=O)cc1-c1ccc(C(F)(F)F)cc1CN(Cc1cc(C(F)(F)F)cc(C(F)(F)F)c1)c1ncc(OCCCC(=O)[O-])cn1.[Na+]. The van der Waals surface area contributed by atoms with Gasteiger partial charge in [-0.25, -0.2) is 9.97 Å². The van der Waals surface area contributed by atoms with E-state index in [9.17, 15) is 54.2 Å². The van der Waals surface area contributed by atoms with E-state index in [4.69, 9.17) is 9.47 Å². The van der Waals surface area contributed by atoms with E-state index in [1.165, 1.54) is 32.2 Å². The van der Waals surface area contributed by atoms with Crippen LogP contribution in [0.1, 0.15) is 47.6 Å². The van der Waals surface area contributed by atoms with Crippen LogP contribution in [-0.4, -0.2) is 35.6 Å². The normalized spacial score (nSPS) is 11.8. The molecular weight excluding hydrogens is 738 g/mol. The van der Waals surface area contributed by atoms with E-state index in [2.05, 4.69) is 15.3 Å². The van der Waals surface area contributed by atoms with E-state index < -0.39 is 65.7 Å². The molecule has 1 heterocycles. The van der Waals surface area contributed by atoms with Crippen molar-refractivity contribution in [1.82, 2.24) is 9.97 Å². The Morgan fingerprint density at radius 2 is 1.40 bits per heavy atom. The van der Waals surface area contributed by atoms with Gasteiger partial charge in [0.1, 0.15) is 5.75 Å². The third-order valence-corrected chi connectivity index (χ3v) is 7.32.